The Balaban J connectivity index is 4.35. The third kappa shape index (κ3) is 54.1. The van der Waals surface area contributed by atoms with Gasteiger partial charge in [0.25, 0.3) is 0 Å². The second-order valence-electron chi connectivity index (χ2n) is 19.5. The highest BCUT2D eigenvalue weighted by Crippen LogP contribution is 2.17. The molecule has 394 valence electrons. The second-order valence-corrected chi connectivity index (χ2v) is 19.5. The van der Waals surface area contributed by atoms with Crippen LogP contribution in [-0.4, -0.2) is 37.2 Å². The molecule has 0 aliphatic heterocycles. The molecule has 0 N–H and O–H groups in total. The molecule has 0 saturated heterocycles. The molecular formula is C62H110O6. The maximum atomic E-state index is 12.8. The molecule has 0 bridgehead atoms. The van der Waals surface area contributed by atoms with Crippen LogP contribution in [0.5, 0.6) is 0 Å². The van der Waals surface area contributed by atoms with Gasteiger partial charge in [0, 0.05) is 19.3 Å². The Morgan fingerprint density at radius 3 is 0.897 bits per heavy atom. The first-order valence-corrected chi connectivity index (χ1v) is 29.3. The summed E-state index contributed by atoms with van der Waals surface area (Å²) in [6.45, 7) is 6.53. The summed E-state index contributed by atoms with van der Waals surface area (Å²) >= 11 is 0. The molecule has 1 unspecified atom stereocenters. The van der Waals surface area contributed by atoms with E-state index in [4.69, 9.17) is 14.2 Å². The lowest BCUT2D eigenvalue weighted by Crippen LogP contribution is -2.30. The maximum Gasteiger partial charge on any atom is 0.306 e. The van der Waals surface area contributed by atoms with Crippen LogP contribution >= 0.6 is 0 Å². The number of allylic oxidation sites excluding steroid dienone is 10. The van der Waals surface area contributed by atoms with Gasteiger partial charge in [0.15, 0.2) is 6.10 Å². The van der Waals surface area contributed by atoms with Crippen LogP contribution in [0, 0.1) is 0 Å². The molecule has 68 heavy (non-hydrogen) atoms. The number of hydrogen-bond donors (Lipinski definition) is 0. The minimum atomic E-state index is -0.788. The van der Waals surface area contributed by atoms with Crippen LogP contribution < -0.4 is 0 Å². The van der Waals surface area contributed by atoms with E-state index in [0.29, 0.717) is 19.3 Å². The van der Waals surface area contributed by atoms with Gasteiger partial charge in [0.2, 0.25) is 0 Å². The summed E-state index contributed by atoms with van der Waals surface area (Å²) in [6.07, 6.45) is 70.7. The van der Waals surface area contributed by atoms with E-state index in [9.17, 15) is 14.4 Å². The Hall–Kier alpha value is -2.89. The highest BCUT2D eigenvalue weighted by Gasteiger charge is 2.19. The molecule has 0 amide bonds. The summed E-state index contributed by atoms with van der Waals surface area (Å²) in [7, 11) is 0. The first-order chi connectivity index (χ1) is 33.5. The molecule has 0 aliphatic rings. The highest BCUT2D eigenvalue weighted by atomic mass is 16.6. The molecule has 0 spiro atoms. The van der Waals surface area contributed by atoms with E-state index in [2.05, 4.69) is 81.5 Å². The molecular weight excluding hydrogens is 841 g/mol. The van der Waals surface area contributed by atoms with Gasteiger partial charge in [-0.25, -0.2) is 0 Å². The molecule has 6 nitrogen and oxygen atoms in total. The average Bonchev–Trinajstić information content (AvgIpc) is 3.34. The first kappa shape index (κ1) is 65.1. The molecule has 1 atom stereocenters. The Kier molecular flexibility index (Phi) is 54.3. The van der Waals surface area contributed by atoms with E-state index < -0.39 is 6.10 Å². The highest BCUT2D eigenvalue weighted by molar-refractivity contribution is 5.71. The number of hydrogen-bond acceptors (Lipinski definition) is 6. The summed E-state index contributed by atoms with van der Waals surface area (Å²) < 4.78 is 16.8. The third-order valence-corrected chi connectivity index (χ3v) is 12.8. The van der Waals surface area contributed by atoms with Crippen molar-refractivity contribution in [1.29, 1.82) is 0 Å². The number of rotatable bonds is 53. The normalized spacial score (nSPS) is 12.5. The van der Waals surface area contributed by atoms with Crippen molar-refractivity contribution in [3.63, 3.8) is 0 Å². The molecule has 0 radical (unpaired) electrons. The van der Waals surface area contributed by atoms with Crippen molar-refractivity contribution in [2.45, 2.75) is 303 Å². The van der Waals surface area contributed by atoms with E-state index in [-0.39, 0.29) is 31.1 Å². The predicted molar refractivity (Wildman–Crippen MR) is 293 cm³/mol. The lowest BCUT2D eigenvalue weighted by atomic mass is 10.0. The third-order valence-electron chi connectivity index (χ3n) is 12.8. The lowest BCUT2D eigenvalue weighted by Gasteiger charge is -2.18. The van der Waals surface area contributed by atoms with E-state index in [1.165, 1.54) is 161 Å². The Morgan fingerprint density at radius 1 is 0.309 bits per heavy atom. The minimum Gasteiger partial charge on any atom is -0.462 e. The minimum absolute atomic E-state index is 0.0838. The van der Waals surface area contributed by atoms with E-state index in [0.717, 1.165) is 96.3 Å². The molecule has 0 rings (SSSR count). The van der Waals surface area contributed by atoms with Crippen LogP contribution in [0.15, 0.2) is 60.8 Å². The lowest BCUT2D eigenvalue weighted by molar-refractivity contribution is -0.167. The Morgan fingerprint density at radius 2 is 0.574 bits per heavy atom. The van der Waals surface area contributed by atoms with Gasteiger partial charge in [-0.2, -0.15) is 0 Å². The zero-order chi connectivity index (χ0) is 49.3. The van der Waals surface area contributed by atoms with Crippen molar-refractivity contribution >= 4 is 17.9 Å². The topological polar surface area (TPSA) is 78.9 Å². The fourth-order valence-electron chi connectivity index (χ4n) is 8.41. The zero-order valence-corrected chi connectivity index (χ0v) is 45.1. The number of carbonyl (C=O) groups excluding carboxylic acids is 3. The fraction of sp³-hybridized carbons (Fsp3) is 0.790. The van der Waals surface area contributed by atoms with Crippen LogP contribution in [0.2, 0.25) is 0 Å². The van der Waals surface area contributed by atoms with Gasteiger partial charge in [-0.15, -0.1) is 0 Å². The molecule has 0 aromatic carbocycles. The molecule has 0 aliphatic carbocycles. The number of carbonyl (C=O) groups is 3. The van der Waals surface area contributed by atoms with E-state index >= 15 is 0 Å². The van der Waals surface area contributed by atoms with Crippen molar-refractivity contribution < 1.29 is 28.6 Å². The van der Waals surface area contributed by atoms with Gasteiger partial charge in [-0.1, -0.05) is 274 Å². The van der Waals surface area contributed by atoms with Crippen molar-refractivity contribution in [2.24, 2.45) is 0 Å². The largest absolute Gasteiger partial charge is 0.462 e. The second kappa shape index (κ2) is 56.7. The summed E-state index contributed by atoms with van der Waals surface area (Å²) in [5.41, 5.74) is 0. The smallest absolute Gasteiger partial charge is 0.306 e. The summed E-state index contributed by atoms with van der Waals surface area (Å²) in [5, 5.41) is 0. The standard InChI is InChI=1S/C62H110O6/c1-4-7-10-13-16-19-22-24-26-28-30-32-33-35-37-40-43-46-49-52-55-61(64)67-58-59(57-66-60(63)54-51-48-45-42-39-21-18-15-12-9-6-3)68-62(65)56-53-50-47-44-41-38-36-34-31-29-27-25-23-20-17-14-11-8-5-2/h8,11,17,20,25,27,31,34,38,41,59H,4-7,9-10,12-16,18-19,21-24,26,28-30,32-33,35-37,39-40,42-58H2,1-3H3/b11-8-,20-17-,27-25-,34-31-,41-38-. The number of unbranched alkanes of at least 4 members (excludes halogenated alkanes) is 32. The van der Waals surface area contributed by atoms with Crippen LogP contribution in [0.1, 0.15) is 297 Å². The van der Waals surface area contributed by atoms with Crippen molar-refractivity contribution in [3.05, 3.63) is 60.8 Å². The zero-order valence-electron chi connectivity index (χ0n) is 45.1. The molecule has 0 aromatic rings. The number of esters is 3. The van der Waals surface area contributed by atoms with E-state index in [1.807, 2.05) is 0 Å². The first-order valence-electron chi connectivity index (χ1n) is 29.3. The van der Waals surface area contributed by atoms with Crippen molar-refractivity contribution in [1.82, 2.24) is 0 Å². The SMILES string of the molecule is CC/C=C\C/C=C\C/C=C\C/C=C\C/C=C\CCCCCC(=O)OC(COC(=O)CCCCCCCCCCCCC)COC(=O)CCCCCCCCCCCCCCCCCCCCCC. The van der Waals surface area contributed by atoms with Gasteiger partial charge < -0.3 is 14.2 Å². The molecule has 0 saturated carbocycles. The van der Waals surface area contributed by atoms with Crippen LogP contribution in [-0.2, 0) is 28.6 Å². The van der Waals surface area contributed by atoms with Gasteiger partial charge in [-0.05, 0) is 64.2 Å². The van der Waals surface area contributed by atoms with E-state index in [1.54, 1.807) is 0 Å². The average molecular weight is 952 g/mol. The quantitative estimate of drug-likeness (QED) is 0.0262. The predicted octanol–water partition coefficient (Wildman–Crippen LogP) is 19.6. The molecule has 6 heteroatoms. The van der Waals surface area contributed by atoms with Gasteiger partial charge in [0.1, 0.15) is 13.2 Å². The Labute approximate surface area is 421 Å². The van der Waals surface area contributed by atoms with Crippen molar-refractivity contribution in [3.8, 4) is 0 Å². The van der Waals surface area contributed by atoms with Gasteiger partial charge in [-0.3, -0.25) is 14.4 Å². The summed E-state index contributed by atoms with van der Waals surface area (Å²) in [4.78, 5) is 38.1. The van der Waals surface area contributed by atoms with Crippen molar-refractivity contribution in [2.75, 3.05) is 13.2 Å². The summed E-state index contributed by atoms with van der Waals surface area (Å²) in [6, 6.07) is 0. The van der Waals surface area contributed by atoms with Gasteiger partial charge >= 0.3 is 17.9 Å². The molecule has 0 fully saturated rings. The molecule has 0 aromatic heterocycles. The monoisotopic (exact) mass is 951 g/mol. The van der Waals surface area contributed by atoms with Crippen LogP contribution in [0.3, 0.4) is 0 Å². The van der Waals surface area contributed by atoms with Crippen LogP contribution in [0.4, 0.5) is 0 Å². The Bertz CT molecular complexity index is 1230. The fourth-order valence-corrected chi connectivity index (χ4v) is 8.41. The number of ether oxygens (including phenoxy) is 3. The maximum absolute atomic E-state index is 12.8. The summed E-state index contributed by atoms with van der Waals surface area (Å²) in [5.74, 6) is -0.903. The van der Waals surface area contributed by atoms with Crippen LogP contribution in [0.25, 0.3) is 0 Å². The molecule has 0 heterocycles. The van der Waals surface area contributed by atoms with Gasteiger partial charge in [0.05, 0.1) is 0 Å².